The van der Waals surface area contributed by atoms with E-state index in [4.69, 9.17) is 24.3 Å². The zero-order chi connectivity index (χ0) is 30.7. The van der Waals surface area contributed by atoms with Crippen LogP contribution in [0.3, 0.4) is 0 Å². The summed E-state index contributed by atoms with van der Waals surface area (Å²) in [6.45, 7) is 0.145. The van der Waals surface area contributed by atoms with Gasteiger partial charge in [0.2, 0.25) is 5.60 Å². The summed E-state index contributed by atoms with van der Waals surface area (Å²) in [5.74, 6) is -0.324. The van der Waals surface area contributed by atoms with Gasteiger partial charge in [0.05, 0.1) is 12.3 Å². The van der Waals surface area contributed by atoms with Gasteiger partial charge in [-0.05, 0) is 56.9 Å². The first-order chi connectivity index (χ1) is 20.6. The number of fused-ring (bicyclic) bond motifs is 1. The molecule has 230 valence electrons. The number of anilines is 1. The number of nitrogen functional groups attached to an aromatic ring is 1. The SMILES string of the molecule is C[C@H](N[P@](=O)(OC[C@@]1(C#N)OC[C@](O)(c2ccc3c(N)ncnn23)[C@@H]1O)Oc1ccccc1)C(=O)OC1CCCCCC1. The first-order valence-corrected chi connectivity index (χ1v) is 15.7. The normalized spacial score (nSPS) is 26.7. The maximum Gasteiger partial charge on any atom is 0.459 e. The molecule has 1 aliphatic heterocycles. The van der Waals surface area contributed by atoms with Gasteiger partial charge in [-0.1, -0.05) is 31.0 Å². The molecule has 1 saturated carbocycles. The van der Waals surface area contributed by atoms with E-state index in [1.54, 1.807) is 24.3 Å². The molecule has 5 atom stereocenters. The Labute approximate surface area is 248 Å². The largest absolute Gasteiger partial charge is 0.461 e. The molecular formula is C28H35N6O8P. The topological polar surface area (TPSA) is 204 Å². The lowest BCUT2D eigenvalue weighted by molar-refractivity contribution is -0.151. The van der Waals surface area contributed by atoms with Crippen molar-refractivity contribution in [1.82, 2.24) is 19.7 Å². The molecule has 2 aromatic heterocycles. The lowest BCUT2D eigenvalue weighted by atomic mass is 9.86. The molecule has 0 amide bonds. The van der Waals surface area contributed by atoms with Crippen molar-refractivity contribution in [2.24, 2.45) is 0 Å². The quantitative estimate of drug-likeness (QED) is 0.147. The number of aromatic nitrogens is 3. The van der Waals surface area contributed by atoms with Crippen molar-refractivity contribution in [3.63, 3.8) is 0 Å². The molecule has 3 aromatic rings. The second kappa shape index (κ2) is 12.6. The Morgan fingerprint density at radius 1 is 1.26 bits per heavy atom. The van der Waals surface area contributed by atoms with Gasteiger partial charge in [0.15, 0.2) is 11.4 Å². The Balaban J connectivity index is 1.35. The molecule has 1 aromatic carbocycles. The third-order valence-electron chi connectivity index (χ3n) is 7.77. The summed E-state index contributed by atoms with van der Waals surface area (Å²) in [6.07, 6.45) is 4.67. The van der Waals surface area contributed by atoms with Crippen LogP contribution < -0.4 is 15.3 Å². The molecule has 1 aliphatic carbocycles. The first-order valence-electron chi connectivity index (χ1n) is 14.1. The van der Waals surface area contributed by atoms with Crippen molar-refractivity contribution in [2.45, 2.75) is 74.9 Å². The van der Waals surface area contributed by atoms with E-state index in [9.17, 15) is 24.8 Å². The van der Waals surface area contributed by atoms with Crippen LogP contribution in [0.2, 0.25) is 0 Å². The van der Waals surface area contributed by atoms with E-state index < -0.39 is 50.3 Å². The fourth-order valence-corrected chi connectivity index (χ4v) is 6.85. The fourth-order valence-electron chi connectivity index (χ4n) is 5.33. The summed E-state index contributed by atoms with van der Waals surface area (Å²) in [4.78, 5) is 16.9. The molecule has 0 radical (unpaired) electrons. The average molecular weight is 615 g/mol. The van der Waals surface area contributed by atoms with E-state index >= 15 is 0 Å². The zero-order valence-corrected chi connectivity index (χ0v) is 24.6. The summed E-state index contributed by atoms with van der Waals surface area (Å²) in [5.41, 5.74) is 2.06. The Hall–Kier alpha value is -3.57. The van der Waals surface area contributed by atoms with Crippen LogP contribution in [0.25, 0.3) is 5.52 Å². The van der Waals surface area contributed by atoms with Gasteiger partial charge in [0.25, 0.3) is 0 Å². The number of carbonyl (C=O) groups is 1. The number of nitrogens with two attached hydrogens (primary N) is 1. The van der Waals surface area contributed by atoms with Crippen LogP contribution in [0.15, 0.2) is 48.8 Å². The second-order valence-corrected chi connectivity index (χ2v) is 12.5. The van der Waals surface area contributed by atoms with Gasteiger partial charge >= 0.3 is 13.7 Å². The van der Waals surface area contributed by atoms with E-state index in [-0.39, 0.29) is 23.4 Å². The van der Waals surface area contributed by atoms with E-state index in [1.807, 2.05) is 6.07 Å². The number of hydrogen-bond acceptors (Lipinski definition) is 12. The molecule has 1 saturated heterocycles. The summed E-state index contributed by atoms with van der Waals surface area (Å²) in [6, 6.07) is 11.9. The fraction of sp³-hybridized carbons (Fsp3) is 0.500. The predicted molar refractivity (Wildman–Crippen MR) is 152 cm³/mol. The van der Waals surface area contributed by atoms with Crippen LogP contribution in [-0.4, -0.2) is 67.8 Å². The number of benzene rings is 1. The van der Waals surface area contributed by atoms with Crippen LogP contribution in [-0.2, 0) is 29.0 Å². The minimum Gasteiger partial charge on any atom is -0.461 e. The maximum absolute atomic E-state index is 14.1. The Morgan fingerprint density at radius 2 is 1.98 bits per heavy atom. The van der Waals surface area contributed by atoms with E-state index in [0.717, 1.165) is 38.5 Å². The molecule has 2 fully saturated rings. The van der Waals surface area contributed by atoms with Crippen LogP contribution in [0.4, 0.5) is 5.82 Å². The zero-order valence-electron chi connectivity index (χ0n) is 23.7. The third-order valence-corrected chi connectivity index (χ3v) is 9.39. The smallest absolute Gasteiger partial charge is 0.459 e. The Morgan fingerprint density at radius 3 is 2.67 bits per heavy atom. The average Bonchev–Trinajstić information content (AvgIpc) is 3.43. The van der Waals surface area contributed by atoms with Crippen molar-refractivity contribution in [2.75, 3.05) is 18.9 Å². The highest BCUT2D eigenvalue weighted by atomic mass is 31.2. The molecule has 3 heterocycles. The molecule has 14 nitrogen and oxygen atoms in total. The van der Waals surface area contributed by atoms with E-state index in [2.05, 4.69) is 15.2 Å². The second-order valence-electron chi connectivity index (χ2n) is 10.9. The van der Waals surface area contributed by atoms with Gasteiger partial charge in [-0.2, -0.15) is 15.4 Å². The molecule has 2 aliphatic rings. The molecule has 5 N–H and O–H groups in total. The highest BCUT2D eigenvalue weighted by Gasteiger charge is 2.61. The number of rotatable bonds is 10. The Bertz CT molecular complexity index is 1520. The summed E-state index contributed by atoms with van der Waals surface area (Å²) >= 11 is 0. The molecule has 0 spiro atoms. The molecular weight excluding hydrogens is 579 g/mol. The molecule has 43 heavy (non-hydrogen) atoms. The lowest BCUT2D eigenvalue weighted by Gasteiger charge is -2.31. The van der Waals surface area contributed by atoms with Crippen molar-refractivity contribution in [1.29, 1.82) is 5.26 Å². The van der Waals surface area contributed by atoms with Crippen molar-refractivity contribution in [3.8, 4) is 11.8 Å². The molecule has 15 heteroatoms. The van der Waals surface area contributed by atoms with E-state index in [1.165, 1.54) is 36.0 Å². The van der Waals surface area contributed by atoms with Gasteiger partial charge < -0.3 is 29.9 Å². The number of aliphatic hydroxyl groups is 2. The summed E-state index contributed by atoms with van der Waals surface area (Å²) in [5, 5.41) is 39.7. The number of nitriles is 1. The number of ether oxygens (including phenoxy) is 2. The number of hydrogen-bond donors (Lipinski definition) is 4. The highest BCUT2D eigenvalue weighted by Crippen LogP contribution is 2.48. The number of para-hydroxylation sites is 1. The summed E-state index contributed by atoms with van der Waals surface area (Å²) in [7, 11) is -4.41. The van der Waals surface area contributed by atoms with Gasteiger partial charge in [-0.3, -0.25) is 9.32 Å². The van der Waals surface area contributed by atoms with Gasteiger partial charge in [0, 0.05) is 0 Å². The van der Waals surface area contributed by atoms with Crippen molar-refractivity contribution < 1.29 is 38.1 Å². The molecule has 5 rings (SSSR count). The number of nitrogens with zero attached hydrogens (tertiary/aromatic N) is 4. The third kappa shape index (κ3) is 6.38. The predicted octanol–water partition coefficient (Wildman–Crippen LogP) is 2.60. The number of aliphatic hydroxyl groups excluding tert-OH is 1. The number of esters is 1. The number of nitrogens with one attached hydrogen (secondary N) is 1. The Kier molecular flexibility index (Phi) is 9.03. The van der Waals surface area contributed by atoms with Crippen LogP contribution in [0.5, 0.6) is 5.75 Å². The molecule has 0 bridgehead atoms. The van der Waals surface area contributed by atoms with Gasteiger partial charge in [-0.25, -0.2) is 14.1 Å². The van der Waals surface area contributed by atoms with Crippen LogP contribution in [0.1, 0.15) is 51.1 Å². The van der Waals surface area contributed by atoms with Crippen LogP contribution in [0, 0.1) is 11.3 Å². The monoisotopic (exact) mass is 614 g/mol. The summed E-state index contributed by atoms with van der Waals surface area (Å²) < 4.78 is 38.0. The first kappa shape index (κ1) is 30.9. The highest BCUT2D eigenvalue weighted by molar-refractivity contribution is 7.52. The standard InChI is InChI=1S/C28H35N6O8P/c1-19(25(35)41-20-9-5-2-3-6-10-20)33-43(38,42-21-11-7-4-8-12-21)40-16-27(15-29)26(36)28(37,17-39-27)23-14-13-22-24(30)31-18-32-34(22)23/h4,7-8,11-14,18-20,26,36-37H,2-3,5-6,9-10,16-17H2,1H3,(H,33,38)(H2,30,31,32)/t19-,26+,27+,28-,43-/m0/s1. The minimum atomic E-state index is -4.41. The molecule has 0 unspecified atom stereocenters. The van der Waals surface area contributed by atoms with Crippen LogP contribution >= 0.6 is 7.75 Å². The van der Waals surface area contributed by atoms with Gasteiger partial charge in [0.1, 0.15) is 48.5 Å². The maximum atomic E-state index is 14.1. The van der Waals surface area contributed by atoms with Crippen molar-refractivity contribution >= 4 is 25.1 Å². The lowest BCUT2D eigenvalue weighted by Crippen LogP contribution is -2.51. The minimum absolute atomic E-state index is 0.0953. The van der Waals surface area contributed by atoms with Crippen molar-refractivity contribution in [3.05, 3.63) is 54.5 Å². The number of carbonyl (C=O) groups excluding carboxylic acids is 1. The van der Waals surface area contributed by atoms with E-state index in [0.29, 0.717) is 5.52 Å². The van der Waals surface area contributed by atoms with Gasteiger partial charge in [-0.15, -0.1) is 0 Å².